The molecule has 90 valence electrons. The van der Waals surface area contributed by atoms with Crippen LogP contribution in [0.15, 0.2) is 24.3 Å². The molecule has 0 radical (unpaired) electrons. The Morgan fingerprint density at radius 1 is 1.19 bits per heavy atom. The fourth-order valence-corrected chi connectivity index (χ4v) is 2.01. The summed E-state index contributed by atoms with van der Waals surface area (Å²) >= 11 is 0. The van der Waals surface area contributed by atoms with Crippen LogP contribution in [0, 0.1) is 0 Å². The zero-order valence-corrected chi connectivity index (χ0v) is 9.37. The van der Waals surface area contributed by atoms with Crippen LogP contribution >= 0.6 is 12.4 Å². The molecule has 16 heavy (non-hydrogen) atoms. The van der Waals surface area contributed by atoms with Crippen molar-refractivity contribution in [3.63, 3.8) is 0 Å². The number of alkyl halides is 3. The summed E-state index contributed by atoms with van der Waals surface area (Å²) in [6, 6.07) is 5.66. The molecule has 1 aliphatic rings. The highest BCUT2D eigenvalue weighted by atomic mass is 35.5. The van der Waals surface area contributed by atoms with Gasteiger partial charge in [0, 0.05) is 6.04 Å². The van der Waals surface area contributed by atoms with Gasteiger partial charge < -0.3 is 5.32 Å². The molecule has 0 amide bonds. The van der Waals surface area contributed by atoms with E-state index >= 15 is 0 Å². The summed E-state index contributed by atoms with van der Waals surface area (Å²) < 4.78 is 38.0. The number of nitrogens with one attached hydrogen (secondary N) is 1. The Bertz CT molecular complexity index is 345. The lowest BCUT2D eigenvalue weighted by molar-refractivity contribution is -0.138. The van der Waals surface area contributed by atoms with Gasteiger partial charge in [0.25, 0.3) is 0 Å². The van der Waals surface area contributed by atoms with E-state index in [1.807, 2.05) is 0 Å². The Balaban J connectivity index is 0.00000128. The lowest BCUT2D eigenvalue weighted by atomic mass is 9.99. The minimum absolute atomic E-state index is 0. The van der Waals surface area contributed by atoms with E-state index in [-0.39, 0.29) is 18.4 Å². The van der Waals surface area contributed by atoms with Gasteiger partial charge in [0.2, 0.25) is 0 Å². The predicted molar refractivity (Wildman–Crippen MR) is 58.7 cm³/mol. The molecule has 5 heteroatoms. The maximum Gasteiger partial charge on any atom is 0.416 e. The van der Waals surface area contributed by atoms with E-state index in [1.165, 1.54) is 6.07 Å². The highest BCUT2D eigenvalue weighted by Gasteiger charge is 2.35. The molecule has 1 fully saturated rings. The molecular weight excluding hydrogens is 239 g/mol. The minimum Gasteiger partial charge on any atom is -0.310 e. The standard InChI is InChI=1S/C11H12F3N.ClH/c12-11(13,14)9-5-2-1-4-8(9)10-6-3-7-15-10;/h1-2,4-5,10,15H,3,6-7H2;1H/t10-;/m0./s1. The maximum absolute atomic E-state index is 12.7. The summed E-state index contributed by atoms with van der Waals surface area (Å²) in [4.78, 5) is 0. The molecule has 0 spiro atoms. The van der Waals surface area contributed by atoms with Gasteiger partial charge in [0.1, 0.15) is 0 Å². The van der Waals surface area contributed by atoms with Gasteiger partial charge in [-0.05, 0) is 31.0 Å². The van der Waals surface area contributed by atoms with E-state index in [9.17, 15) is 13.2 Å². The number of hydrogen-bond acceptors (Lipinski definition) is 1. The van der Waals surface area contributed by atoms with Gasteiger partial charge in [0.05, 0.1) is 5.56 Å². The summed E-state index contributed by atoms with van der Waals surface area (Å²) in [6.07, 6.45) is -2.52. The fourth-order valence-electron chi connectivity index (χ4n) is 2.01. The first kappa shape index (κ1) is 13.3. The highest BCUT2D eigenvalue weighted by Crippen LogP contribution is 2.36. The van der Waals surface area contributed by atoms with Gasteiger partial charge in [-0.1, -0.05) is 18.2 Å². The molecule has 0 saturated carbocycles. The molecule has 1 aromatic rings. The summed E-state index contributed by atoms with van der Waals surface area (Å²) in [6.45, 7) is 0.802. The third-order valence-corrected chi connectivity index (χ3v) is 2.70. The fraction of sp³-hybridized carbons (Fsp3) is 0.455. The Labute approximate surface area is 98.4 Å². The molecule has 1 saturated heterocycles. The SMILES string of the molecule is Cl.FC(F)(F)c1ccccc1[C@@H]1CCCN1. The van der Waals surface area contributed by atoms with E-state index in [1.54, 1.807) is 12.1 Å². The quantitative estimate of drug-likeness (QED) is 0.805. The number of halogens is 4. The first-order valence-corrected chi connectivity index (χ1v) is 4.98. The summed E-state index contributed by atoms with van der Waals surface area (Å²) in [7, 11) is 0. The average Bonchev–Trinajstić information content (AvgIpc) is 2.69. The molecule has 1 aliphatic heterocycles. The van der Waals surface area contributed by atoms with Crippen molar-refractivity contribution in [2.75, 3.05) is 6.54 Å². The molecule has 2 rings (SSSR count). The van der Waals surface area contributed by atoms with E-state index in [2.05, 4.69) is 5.32 Å². The normalized spacial score (nSPS) is 20.6. The third-order valence-electron chi connectivity index (χ3n) is 2.70. The zero-order chi connectivity index (χ0) is 10.9. The second-order valence-corrected chi connectivity index (χ2v) is 3.73. The second-order valence-electron chi connectivity index (χ2n) is 3.73. The van der Waals surface area contributed by atoms with Crippen LogP contribution in [0.5, 0.6) is 0 Å². The van der Waals surface area contributed by atoms with Gasteiger partial charge in [0.15, 0.2) is 0 Å². The van der Waals surface area contributed by atoms with Crippen LogP contribution in [0.2, 0.25) is 0 Å². The Morgan fingerprint density at radius 2 is 1.88 bits per heavy atom. The van der Waals surface area contributed by atoms with E-state index < -0.39 is 11.7 Å². The van der Waals surface area contributed by atoms with Crippen molar-refractivity contribution < 1.29 is 13.2 Å². The number of rotatable bonds is 1. The first-order chi connectivity index (χ1) is 7.09. The van der Waals surface area contributed by atoms with Gasteiger partial charge in [-0.2, -0.15) is 13.2 Å². The van der Waals surface area contributed by atoms with Crippen LogP contribution in [0.1, 0.15) is 30.0 Å². The summed E-state index contributed by atoms with van der Waals surface area (Å²) in [5.41, 5.74) is -0.132. The number of hydrogen-bond donors (Lipinski definition) is 1. The Morgan fingerprint density at radius 3 is 2.44 bits per heavy atom. The molecule has 1 aromatic carbocycles. The van der Waals surface area contributed by atoms with Crippen LogP contribution < -0.4 is 5.32 Å². The third kappa shape index (κ3) is 2.68. The maximum atomic E-state index is 12.7. The molecule has 0 aromatic heterocycles. The molecule has 1 heterocycles. The highest BCUT2D eigenvalue weighted by molar-refractivity contribution is 5.85. The largest absolute Gasteiger partial charge is 0.416 e. The van der Waals surface area contributed by atoms with Crippen LogP contribution in [0.4, 0.5) is 13.2 Å². The first-order valence-electron chi connectivity index (χ1n) is 4.98. The van der Waals surface area contributed by atoms with E-state index in [4.69, 9.17) is 0 Å². The Kier molecular flexibility index (Phi) is 4.21. The van der Waals surface area contributed by atoms with Gasteiger partial charge in [-0.3, -0.25) is 0 Å². The van der Waals surface area contributed by atoms with Crippen LogP contribution in [0.3, 0.4) is 0 Å². The predicted octanol–water partition coefficient (Wildman–Crippen LogP) is 3.55. The van der Waals surface area contributed by atoms with E-state index in [0.29, 0.717) is 5.56 Å². The van der Waals surface area contributed by atoms with Crippen molar-refractivity contribution in [1.29, 1.82) is 0 Å². The van der Waals surface area contributed by atoms with Crippen LogP contribution in [0.25, 0.3) is 0 Å². The molecule has 0 aliphatic carbocycles. The zero-order valence-electron chi connectivity index (χ0n) is 8.55. The van der Waals surface area contributed by atoms with Crippen molar-refractivity contribution in [3.05, 3.63) is 35.4 Å². The van der Waals surface area contributed by atoms with Gasteiger partial charge in [-0.15, -0.1) is 12.4 Å². The smallest absolute Gasteiger partial charge is 0.310 e. The summed E-state index contributed by atoms with van der Waals surface area (Å²) in [5.74, 6) is 0. The lowest BCUT2D eigenvalue weighted by Crippen LogP contribution is -2.18. The van der Waals surface area contributed by atoms with Gasteiger partial charge >= 0.3 is 6.18 Å². The van der Waals surface area contributed by atoms with E-state index in [0.717, 1.165) is 25.5 Å². The average molecular weight is 252 g/mol. The van der Waals surface area contributed by atoms with Crippen molar-refractivity contribution in [2.45, 2.75) is 25.1 Å². The molecule has 0 bridgehead atoms. The second kappa shape index (κ2) is 5.06. The minimum atomic E-state index is -4.25. The lowest BCUT2D eigenvalue weighted by Gasteiger charge is -2.17. The summed E-state index contributed by atoms with van der Waals surface area (Å²) in [5, 5.41) is 3.09. The molecule has 1 atom stereocenters. The Hall–Kier alpha value is -0.740. The molecule has 0 unspecified atom stereocenters. The monoisotopic (exact) mass is 251 g/mol. The van der Waals surface area contributed by atoms with Crippen LogP contribution in [-0.2, 0) is 6.18 Å². The van der Waals surface area contributed by atoms with Crippen molar-refractivity contribution >= 4 is 12.4 Å². The van der Waals surface area contributed by atoms with Crippen molar-refractivity contribution in [2.24, 2.45) is 0 Å². The molecule has 1 N–H and O–H groups in total. The number of benzene rings is 1. The van der Waals surface area contributed by atoms with Gasteiger partial charge in [-0.25, -0.2) is 0 Å². The van der Waals surface area contributed by atoms with Crippen molar-refractivity contribution in [3.8, 4) is 0 Å². The van der Waals surface area contributed by atoms with Crippen molar-refractivity contribution in [1.82, 2.24) is 5.32 Å². The topological polar surface area (TPSA) is 12.0 Å². The van der Waals surface area contributed by atoms with Crippen LogP contribution in [-0.4, -0.2) is 6.54 Å². The molecular formula is C11H13ClF3N. The molecule has 1 nitrogen and oxygen atoms in total.